The van der Waals surface area contributed by atoms with Crippen LogP contribution in [0.4, 0.5) is 0 Å². The van der Waals surface area contributed by atoms with Crippen LogP contribution >= 0.6 is 0 Å². The average molecular weight is 475 g/mol. The van der Waals surface area contributed by atoms with E-state index in [-0.39, 0.29) is 11.9 Å². The Morgan fingerprint density at radius 3 is 2.60 bits per heavy atom. The van der Waals surface area contributed by atoms with E-state index in [1.54, 1.807) is 37.6 Å². The van der Waals surface area contributed by atoms with Gasteiger partial charge < -0.3 is 18.9 Å². The van der Waals surface area contributed by atoms with Gasteiger partial charge in [0, 0.05) is 12.1 Å². The summed E-state index contributed by atoms with van der Waals surface area (Å²) in [6, 6.07) is 9.03. The number of rotatable bonds is 6. The average Bonchev–Trinajstić information content (AvgIpc) is 3.64. The van der Waals surface area contributed by atoms with E-state index in [4.69, 9.17) is 14.0 Å². The predicted octanol–water partition coefficient (Wildman–Crippen LogP) is 3.93. The van der Waals surface area contributed by atoms with Crippen LogP contribution in [-0.4, -0.2) is 56.7 Å². The Labute approximate surface area is 202 Å². The molecule has 0 spiro atoms. The van der Waals surface area contributed by atoms with Gasteiger partial charge in [-0.1, -0.05) is 5.16 Å². The molecule has 0 unspecified atom stereocenters. The van der Waals surface area contributed by atoms with Crippen molar-refractivity contribution in [1.29, 1.82) is 0 Å². The van der Waals surface area contributed by atoms with Crippen LogP contribution in [0.15, 0.2) is 47.2 Å². The Balaban J connectivity index is 1.49. The van der Waals surface area contributed by atoms with Gasteiger partial charge in [-0.3, -0.25) is 4.79 Å². The molecular formula is C25H26N6O4. The Morgan fingerprint density at radius 2 is 1.86 bits per heavy atom. The molecule has 0 radical (unpaired) electrons. The number of aromatic nitrogens is 5. The van der Waals surface area contributed by atoms with Gasteiger partial charge in [-0.15, -0.1) is 0 Å². The van der Waals surface area contributed by atoms with E-state index in [0.29, 0.717) is 41.0 Å². The van der Waals surface area contributed by atoms with Crippen molar-refractivity contribution >= 4 is 5.91 Å². The molecule has 1 aliphatic heterocycles. The van der Waals surface area contributed by atoms with Gasteiger partial charge in [-0.2, -0.15) is 20.0 Å². The first-order valence-electron chi connectivity index (χ1n) is 11.3. The zero-order chi connectivity index (χ0) is 24.5. The Morgan fingerprint density at radius 1 is 1.06 bits per heavy atom. The van der Waals surface area contributed by atoms with Crippen LogP contribution in [0.1, 0.15) is 46.2 Å². The van der Waals surface area contributed by atoms with E-state index in [0.717, 1.165) is 29.5 Å². The molecule has 2 aromatic heterocycles. The molecule has 180 valence electrons. The number of nitrogens with zero attached hydrogens (tertiary/aromatic N) is 6. The van der Waals surface area contributed by atoms with Crippen LogP contribution in [0.3, 0.4) is 0 Å². The van der Waals surface area contributed by atoms with Crippen LogP contribution in [0.5, 0.6) is 11.5 Å². The van der Waals surface area contributed by atoms with Gasteiger partial charge in [-0.25, -0.2) is 0 Å². The molecule has 1 aliphatic rings. The fourth-order valence-corrected chi connectivity index (χ4v) is 4.48. The molecule has 10 nitrogen and oxygen atoms in total. The maximum Gasteiger partial charge on any atom is 0.258 e. The molecule has 1 saturated heterocycles. The van der Waals surface area contributed by atoms with E-state index in [2.05, 4.69) is 20.3 Å². The largest absolute Gasteiger partial charge is 0.497 e. The number of carbonyl (C=O) groups excluding carboxylic acids is 1. The van der Waals surface area contributed by atoms with Crippen LogP contribution in [0.2, 0.25) is 0 Å². The number of methoxy groups -OCH3 is 2. The molecule has 5 rings (SSSR count). The van der Waals surface area contributed by atoms with Gasteiger partial charge >= 0.3 is 0 Å². The molecule has 0 N–H and O–H groups in total. The van der Waals surface area contributed by atoms with E-state index >= 15 is 0 Å². The van der Waals surface area contributed by atoms with Gasteiger partial charge in [0.1, 0.15) is 11.5 Å². The molecule has 0 bridgehead atoms. The first kappa shape index (κ1) is 22.6. The predicted molar refractivity (Wildman–Crippen MR) is 127 cm³/mol. The summed E-state index contributed by atoms with van der Waals surface area (Å²) >= 11 is 0. The number of hydrogen-bond donors (Lipinski definition) is 0. The summed E-state index contributed by atoms with van der Waals surface area (Å²) in [6.07, 6.45) is 4.72. The first-order valence-corrected chi connectivity index (χ1v) is 11.3. The number of benzene rings is 2. The minimum absolute atomic E-state index is 0.165. The first-order chi connectivity index (χ1) is 17.0. The number of carbonyl (C=O) groups is 1. The Hall–Kier alpha value is -4.21. The third-order valence-corrected chi connectivity index (χ3v) is 6.16. The highest BCUT2D eigenvalue weighted by Gasteiger charge is 2.35. The lowest BCUT2D eigenvalue weighted by atomic mass is 10.1. The van der Waals surface area contributed by atoms with E-state index in [1.807, 2.05) is 38.1 Å². The summed E-state index contributed by atoms with van der Waals surface area (Å²) in [5, 5.41) is 12.7. The van der Waals surface area contributed by atoms with Gasteiger partial charge in [0.25, 0.3) is 11.8 Å². The summed E-state index contributed by atoms with van der Waals surface area (Å²) in [7, 11) is 3.20. The SMILES string of the molecule is COc1cc(C)cc(-c2nc([C@@H]3CCCN3C(=O)c3cc(OC)c(C)cc3-n3nccn3)no2)c1. The molecule has 10 heteroatoms. The monoisotopic (exact) mass is 474 g/mol. The van der Waals surface area contributed by atoms with Crippen molar-refractivity contribution in [2.75, 3.05) is 20.8 Å². The van der Waals surface area contributed by atoms with Gasteiger partial charge in [0.05, 0.1) is 43.9 Å². The van der Waals surface area contributed by atoms with E-state index in [1.165, 1.54) is 4.80 Å². The standard InChI is InChI=1S/C25H26N6O4/c1-15-10-17(13-18(11-15)33-3)24-28-23(29-35-24)20-6-5-9-30(20)25(32)19-14-22(34-4)16(2)12-21(19)31-26-7-8-27-31/h7-8,10-14,20H,5-6,9H2,1-4H3/t20-/m0/s1. The highest BCUT2D eigenvalue weighted by Crippen LogP contribution is 2.35. The van der Waals surface area contributed by atoms with Crippen molar-refractivity contribution in [2.24, 2.45) is 0 Å². The van der Waals surface area contributed by atoms with Crippen molar-refractivity contribution in [1.82, 2.24) is 30.0 Å². The summed E-state index contributed by atoms with van der Waals surface area (Å²) < 4.78 is 16.4. The van der Waals surface area contributed by atoms with Crippen LogP contribution < -0.4 is 9.47 Å². The van der Waals surface area contributed by atoms with Crippen LogP contribution in [0.25, 0.3) is 17.1 Å². The molecular weight excluding hydrogens is 448 g/mol. The molecule has 3 heterocycles. The second-order valence-electron chi connectivity index (χ2n) is 8.51. The highest BCUT2D eigenvalue weighted by atomic mass is 16.5. The lowest BCUT2D eigenvalue weighted by Gasteiger charge is -2.24. The fourth-order valence-electron chi connectivity index (χ4n) is 4.48. The molecule has 0 aliphatic carbocycles. The quantitative estimate of drug-likeness (QED) is 0.414. The van der Waals surface area contributed by atoms with Crippen molar-refractivity contribution in [3.05, 3.63) is 65.2 Å². The van der Waals surface area contributed by atoms with E-state index in [9.17, 15) is 4.79 Å². The lowest BCUT2D eigenvalue weighted by molar-refractivity contribution is 0.0727. The fraction of sp³-hybridized carbons (Fsp3) is 0.320. The van der Waals surface area contributed by atoms with Gasteiger partial charge in [0.15, 0.2) is 5.82 Å². The normalized spacial score (nSPS) is 15.4. The molecule has 2 aromatic carbocycles. The van der Waals surface area contributed by atoms with Gasteiger partial charge in [-0.05, 0) is 68.1 Å². The molecule has 35 heavy (non-hydrogen) atoms. The minimum Gasteiger partial charge on any atom is -0.497 e. The molecule has 1 amide bonds. The van der Waals surface area contributed by atoms with Crippen molar-refractivity contribution < 1.29 is 18.8 Å². The zero-order valence-electron chi connectivity index (χ0n) is 20.1. The number of hydrogen-bond acceptors (Lipinski definition) is 8. The summed E-state index contributed by atoms with van der Waals surface area (Å²) in [5.74, 6) is 2.03. The third-order valence-electron chi connectivity index (χ3n) is 6.16. The summed E-state index contributed by atoms with van der Waals surface area (Å²) in [4.78, 5) is 21.7. The highest BCUT2D eigenvalue weighted by molar-refractivity contribution is 5.98. The maximum absolute atomic E-state index is 13.8. The van der Waals surface area contributed by atoms with Crippen molar-refractivity contribution in [2.45, 2.75) is 32.7 Å². The second kappa shape index (κ2) is 9.21. The van der Waals surface area contributed by atoms with Crippen LogP contribution in [0, 0.1) is 13.8 Å². The molecule has 0 saturated carbocycles. The minimum atomic E-state index is -0.308. The smallest absolute Gasteiger partial charge is 0.258 e. The summed E-state index contributed by atoms with van der Waals surface area (Å²) in [5.41, 5.74) is 3.70. The number of amides is 1. The third kappa shape index (κ3) is 4.23. The van der Waals surface area contributed by atoms with Crippen molar-refractivity contribution in [3.63, 3.8) is 0 Å². The zero-order valence-corrected chi connectivity index (χ0v) is 20.1. The molecule has 4 aromatic rings. The Kier molecular flexibility index (Phi) is 5.94. The van der Waals surface area contributed by atoms with E-state index < -0.39 is 0 Å². The van der Waals surface area contributed by atoms with Crippen LogP contribution in [-0.2, 0) is 0 Å². The summed E-state index contributed by atoms with van der Waals surface area (Å²) in [6.45, 7) is 4.47. The molecule has 1 fully saturated rings. The molecule has 1 atom stereocenters. The van der Waals surface area contributed by atoms with Crippen molar-refractivity contribution in [3.8, 4) is 28.6 Å². The number of likely N-dealkylation sites (tertiary alicyclic amines) is 1. The number of ether oxygens (including phenoxy) is 2. The topological polar surface area (TPSA) is 108 Å². The second-order valence-corrected chi connectivity index (χ2v) is 8.51. The van der Waals surface area contributed by atoms with Gasteiger partial charge in [0.2, 0.25) is 0 Å². The Bertz CT molecular complexity index is 1360. The lowest BCUT2D eigenvalue weighted by Crippen LogP contribution is -2.32. The number of aryl methyl sites for hydroxylation is 2. The maximum atomic E-state index is 13.8.